The summed E-state index contributed by atoms with van der Waals surface area (Å²) < 4.78 is 31.7. The van der Waals surface area contributed by atoms with Crippen molar-refractivity contribution in [2.24, 2.45) is 0 Å². The average Bonchev–Trinajstić information content (AvgIpc) is 2.66. The molecule has 1 aliphatic rings. The zero-order valence-electron chi connectivity index (χ0n) is 17.4. The molecule has 1 N–H and O–H groups in total. The molecule has 29 heavy (non-hydrogen) atoms. The van der Waals surface area contributed by atoms with Crippen molar-refractivity contribution in [3.63, 3.8) is 0 Å². The third-order valence-electron chi connectivity index (χ3n) is 5.34. The highest BCUT2D eigenvalue weighted by atomic mass is 32.2. The largest absolute Gasteiger partial charge is 0.507 e. The van der Waals surface area contributed by atoms with Crippen LogP contribution in [0.1, 0.15) is 57.3 Å². The third kappa shape index (κ3) is 5.08. The van der Waals surface area contributed by atoms with Crippen LogP contribution in [-0.4, -0.2) is 66.4 Å². The van der Waals surface area contributed by atoms with Gasteiger partial charge >= 0.3 is 5.97 Å². The van der Waals surface area contributed by atoms with Crippen molar-refractivity contribution in [3.8, 4) is 5.75 Å². The number of carbonyl (C=O) groups excluding carboxylic acids is 2. The minimum atomic E-state index is -3.80. The van der Waals surface area contributed by atoms with Crippen LogP contribution in [0.4, 0.5) is 0 Å². The Kier molecular flexibility index (Phi) is 7.65. The van der Waals surface area contributed by atoms with E-state index < -0.39 is 28.3 Å². The lowest BCUT2D eigenvalue weighted by atomic mass is 9.97. The SMILES string of the molecule is CCN(CC)S(=O)(=O)c1ccc(O)c(C(=O)OCC(=O)N2[C@H](C)CCC[C@H]2C)c1. The quantitative estimate of drug-likeness (QED) is 0.671. The molecule has 0 aliphatic carbocycles. The Morgan fingerprint density at radius 2 is 1.76 bits per heavy atom. The molecule has 8 nitrogen and oxygen atoms in total. The summed E-state index contributed by atoms with van der Waals surface area (Å²) in [5, 5.41) is 10.0. The topological polar surface area (TPSA) is 104 Å². The number of hydrogen-bond acceptors (Lipinski definition) is 6. The maximum absolute atomic E-state index is 12.7. The highest BCUT2D eigenvalue weighted by Gasteiger charge is 2.30. The zero-order chi connectivity index (χ0) is 21.8. The fraction of sp³-hybridized carbons (Fsp3) is 0.600. The van der Waals surface area contributed by atoms with Gasteiger partial charge in [0.1, 0.15) is 11.3 Å². The molecule has 1 aromatic carbocycles. The number of phenolic OH excluding ortho intramolecular Hbond substituents is 1. The minimum absolute atomic E-state index is 0.0703. The van der Waals surface area contributed by atoms with Crippen LogP contribution in [0.2, 0.25) is 0 Å². The molecule has 1 fully saturated rings. The molecule has 0 unspecified atom stereocenters. The Morgan fingerprint density at radius 3 is 2.31 bits per heavy atom. The predicted molar refractivity (Wildman–Crippen MR) is 108 cm³/mol. The number of ether oxygens (including phenoxy) is 1. The van der Waals surface area contributed by atoms with E-state index in [2.05, 4.69) is 0 Å². The van der Waals surface area contributed by atoms with E-state index in [9.17, 15) is 23.1 Å². The van der Waals surface area contributed by atoms with Gasteiger partial charge in [0.15, 0.2) is 6.61 Å². The van der Waals surface area contributed by atoms with Gasteiger partial charge in [0.25, 0.3) is 5.91 Å². The van der Waals surface area contributed by atoms with Gasteiger partial charge in [-0.25, -0.2) is 13.2 Å². The fourth-order valence-corrected chi connectivity index (χ4v) is 5.23. The second kappa shape index (κ2) is 9.58. The number of hydrogen-bond donors (Lipinski definition) is 1. The average molecular weight is 427 g/mol. The number of rotatable bonds is 7. The van der Waals surface area contributed by atoms with Crippen LogP contribution < -0.4 is 0 Å². The van der Waals surface area contributed by atoms with E-state index in [0.717, 1.165) is 31.4 Å². The highest BCUT2D eigenvalue weighted by molar-refractivity contribution is 7.89. The molecule has 2 rings (SSSR count). The molecule has 1 aliphatic heterocycles. The van der Waals surface area contributed by atoms with E-state index in [-0.39, 0.29) is 41.5 Å². The number of likely N-dealkylation sites (tertiary alicyclic amines) is 1. The van der Waals surface area contributed by atoms with Crippen molar-refractivity contribution >= 4 is 21.9 Å². The fourth-order valence-electron chi connectivity index (χ4n) is 3.74. The first-order valence-electron chi connectivity index (χ1n) is 9.94. The lowest BCUT2D eigenvalue weighted by Gasteiger charge is -2.38. The van der Waals surface area contributed by atoms with E-state index in [1.807, 2.05) is 13.8 Å². The Morgan fingerprint density at radius 1 is 1.17 bits per heavy atom. The highest BCUT2D eigenvalue weighted by Crippen LogP contribution is 2.25. The third-order valence-corrected chi connectivity index (χ3v) is 7.39. The van der Waals surface area contributed by atoms with E-state index in [1.165, 1.54) is 10.4 Å². The van der Waals surface area contributed by atoms with Gasteiger partial charge in [-0.3, -0.25) is 4.79 Å². The van der Waals surface area contributed by atoms with Gasteiger partial charge in [0.2, 0.25) is 10.0 Å². The van der Waals surface area contributed by atoms with Crippen LogP contribution in [0, 0.1) is 0 Å². The predicted octanol–water partition coefficient (Wildman–Crippen LogP) is 2.37. The molecular formula is C20H30N2O6S. The molecule has 0 radical (unpaired) electrons. The summed E-state index contributed by atoms with van der Waals surface area (Å²) >= 11 is 0. The number of amides is 1. The number of sulfonamides is 1. The number of piperidine rings is 1. The molecule has 0 spiro atoms. The van der Waals surface area contributed by atoms with Crippen molar-refractivity contribution in [2.45, 2.75) is 63.9 Å². The first-order valence-corrected chi connectivity index (χ1v) is 11.4. The van der Waals surface area contributed by atoms with Crippen LogP contribution in [0.25, 0.3) is 0 Å². The van der Waals surface area contributed by atoms with Crippen molar-refractivity contribution in [3.05, 3.63) is 23.8 Å². The summed E-state index contributed by atoms with van der Waals surface area (Å²) in [5.74, 6) is -1.64. The molecule has 1 aromatic rings. The van der Waals surface area contributed by atoms with E-state index in [4.69, 9.17) is 4.74 Å². The normalized spacial score (nSPS) is 20.0. The van der Waals surface area contributed by atoms with Crippen molar-refractivity contribution in [1.29, 1.82) is 0 Å². The smallest absolute Gasteiger partial charge is 0.342 e. The molecule has 0 bridgehead atoms. The molecule has 9 heteroatoms. The zero-order valence-corrected chi connectivity index (χ0v) is 18.2. The summed E-state index contributed by atoms with van der Waals surface area (Å²) in [6.07, 6.45) is 2.85. The lowest BCUT2D eigenvalue weighted by Crippen LogP contribution is -2.49. The molecule has 1 heterocycles. The second-order valence-corrected chi connectivity index (χ2v) is 9.21. The van der Waals surface area contributed by atoms with Gasteiger partial charge in [0.05, 0.1) is 4.90 Å². The maximum Gasteiger partial charge on any atom is 0.342 e. The van der Waals surface area contributed by atoms with E-state index in [0.29, 0.717) is 0 Å². The number of aromatic hydroxyl groups is 1. The van der Waals surface area contributed by atoms with Crippen LogP contribution >= 0.6 is 0 Å². The van der Waals surface area contributed by atoms with Gasteiger partial charge in [0, 0.05) is 25.2 Å². The van der Waals surface area contributed by atoms with Crippen molar-refractivity contribution in [2.75, 3.05) is 19.7 Å². The first kappa shape index (κ1) is 23.2. The molecule has 1 saturated heterocycles. The molecule has 0 aromatic heterocycles. The van der Waals surface area contributed by atoms with E-state index in [1.54, 1.807) is 18.7 Å². The number of carbonyl (C=O) groups is 2. The van der Waals surface area contributed by atoms with Crippen molar-refractivity contribution < 1.29 is 27.9 Å². The lowest BCUT2D eigenvalue weighted by molar-refractivity contribution is -0.140. The molecule has 2 atom stereocenters. The van der Waals surface area contributed by atoms with E-state index >= 15 is 0 Å². The number of benzene rings is 1. The molecule has 0 saturated carbocycles. The summed E-state index contributed by atoms with van der Waals surface area (Å²) in [4.78, 5) is 26.6. The van der Waals surface area contributed by atoms with Gasteiger partial charge in [-0.1, -0.05) is 13.8 Å². The Balaban J connectivity index is 2.16. The summed E-state index contributed by atoms with van der Waals surface area (Å²) in [7, 11) is -3.80. The van der Waals surface area contributed by atoms with Crippen molar-refractivity contribution in [1.82, 2.24) is 9.21 Å². The van der Waals surface area contributed by atoms with Gasteiger partial charge < -0.3 is 14.7 Å². The van der Waals surface area contributed by atoms with Crippen LogP contribution in [0.3, 0.4) is 0 Å². The first-order chi connectivity index (χ1) is 13.6. The van der Waals surface area contributed by atoms with Crippen LogP contribution in [-0.2, 0) is 19.6 Å². The number of esters is 1. The summed E-state index contributed by atoms with van der Waals surface area (Å²) in [5.41, 5.74) is -0.286. The van der Waals surface area contributed by atoms with Gasteiger partial charge in [-0.2, -0.15) is 4.31 Å². The number of nitrogens with zero attached hydrogens (tertiary/aromatic N) is 2. The summed E-state index contributed by atoms with van der Waals surface area (Å²) in [6.45, 7) is 7.45. The van der Waals surface area contributed by atoms with Gasteiger partial charge in [-0.15, -0.1) is 0 Å². The molecular weight excluding hydrogens is 396 g/mol. The monoisotopic (exact) mass is 426 g/mol. The minimum Gasteiger partial charge on any atom is -0.507 e. The maximum atomic E-state index is 12.7. The van der Waals surface area contributed by atoms with Crippen LogP contribution in [0.5, 0.6) is 5.75 Å². The molecule has 162 valence electrons. The molecule has 1 amide bonds. The summed E-state index contributed by atoms with van der Waals surface area (Å²) in [6, 6.07) is 3.61. The standard InChI is InChI=1S/C20H30N2O6S/c1-5-21(6-2)29(26,27)16-10-11-18(23)17(12-16)20(25)28-13-19(24)22-14(3)8-7-9-15(22)4/h10-12,14-15,23H,5-9,13H2,1-4H3/t14-,15-/m1/s1. The second-order valence-electron chi connectivity index (χ2n) is 7.27. The van der Waals surface area contributed by atoms with Gasteiger partial charge in [-0.05, 0) is 51.3 Å². The number of phenols is 1. The Labute approximate surface area is 172 Å². The Hall–Kier alpha value is -2.13. The Bertz CT molecular complexity index is 841. The van der Waals surface area contributed by atoms with Crippen LogP contribution in [0.15, 0.2) is 23.1 Å².